The first-order chi connectivity index (χ1) is 9.24. The number of nitrogens with zero attached hydrogens (tertiary/aromatic N) is 2. The van der Waals surface area contributed by atoms with Crippen LogP contribution >= 0.6 is 22.9 Å². The van der Waals surface area contributed by atoms with E-state index >= 15 is 0 Å². The number of carbonyl (C=O) groups is 1. The molecule has 1 saturated carbocycles. The fraction of sp³-hybridized carbons (Fsp3) is 0.308. The van der Waals surface area contributed by atoms with Crippen molar-refractivity contribution in [2.24, 2.45) is 5.92 Å². The van der Waals surface area contributed by atoms with E-state index in [1.165, 1.54) is 0 Å². The van der Waals surface area contributed by atoms with Crippen molar-refractivity contribution in [3.63, 3.8) is 0 Å². The molecule has 2 aromatic rings. The third kappa shape index (κ3) is 2.93. The van der Waals surface area contributed by atoms with E-state index in [2.05, 4.69) is 15.5 Å². The lowest BCUT2D eigenvalue weighted by atomic mass is 10.0. The second-order valence-electron chi connectivity index (χ2n) is 4.56. The predicted molar refractivity (Wildman–Crippen MR) is 74.3 cm³/mol. The first kappa shape index (κ1) is 12.6. The number of carbonyl (C=O) groups excluding carboxylic acids is 1. The summed E-state index contributed by atoms with van der Waals surface area (Å²) in [7, 11) is 0. The topological polar surface area (TPSA) is 54.9 Å². The summed E-state index contributed by atoms with van der Waals surface area (Å²) in [6.07, 6.45) is 2.30. The molecule has 1 amide bonds. The van der Waals surface area contributed by atoms with E-state index < -0.39 is 0 Å². The number of aromatic nitrogens is 2. The van der Waals surface area contributed by atoms with Gasteiger partial charge in [0.15, 0.2) is 0 Å². The molecule has 19 heavy (non-hydrogen) atoms. The van der Waals surface area contributed by atoms with Crippen molar-refractivity contribution in [3.8, 4) is 0 Å². The molecule has 0 aliphatic heterocycles. The Bertz CT molecular complexity index is 583. The van der Waals surface area contributed by atoms with E-state index in [0.717, 1.165) is 29.7 Å². The lowest BCUT2D eigenvalue weighted by Gasteiger charge is -2.17. The second kappa shape index (κ2) is 5.27. The molecule has 1 fully saturated rings. The van der Waals surface area contributed by atoms with Gasteiger partial charge in [0, 0.05) is 0 Å². The zero-order chi connectivity index (χ0) is 13.2. The van der Waals surface area contributed by atoms with Gasteiger partial charge in [0.1, 0.15) is 0 Å². The van der Waals surface area contributed by atoms with Gasteiger partial charge in [-0.3, -0.25) is 4.79 Å². The molecule has 0 bridgehead atoms. The fourth-order valence-corrected chi connectivity index (χ4v) is 2.79. The predicted octanol–water partition coefficient (Wildman–Crippen LogP) is 3.07. The maximum absolute atomic E-state index is 12.1. The fourth-order valence-electron chi connectivity index (χ4n) is 2.06. The maximum atomic E-state index is 12.1. The standard InChI is InChI=1S/C13H12ClN3OS/c14-13-17-16-12(19-13)11(18)15-10(9-6-7-9)8-4-2-1-3-5-8/h1-5,9-10H,6-7H2,(H,15,18). The number of amides is 1. The normalized spacial score (nSPS) is 16.1. The third-order valence-electron chi connectivity index (χ3n) is 3.13. The first-order valence-corrected chi connectivity index (χ1v) is 7.28. The highest BCUT2D eigenvalue weighted by atomic mass is 35.5. The Kier molecular flexibility index (Phi) is 3.48. The Labute approximate surface area is 119 Å². The van der Waals surface area contributed by atoms with Crippen molar-refractivity contribution >= 4 is 28.8 Å². The molecule has 1 atom stereocenters. The Hall–Kier alpha value is -1.46. The van der Waals surface area contributed by atoms with Crippen LogP contribution in [-0.4, -0.2) is 16.1 Å². The van der Waals surface area contributed by atoms with E-state index in [1.54, 1.807) is 0 Å². The summed E-state index contributed by atoms with van der Waals surface area (Å²) in [5, 5.41) is 10.8. The molecule has 1 N–H and O–H groups in total. The lowest BCUT2D eigenvalue weighted by Crippen LogP contribution is -2.29. The molecule has 0 spiro atoms. The van der Waals surface area contributed by atoms with Gasteiger partial charge in [-0.05, 0) is 35.9 Å². The minimum absolute atomic E-state index is 0.0522. The second-order valence-corrected chi connectivity index (χ2v) is 6.12. The van der Waals surface area contributed by atoms with Crippen LogP contribution in [0.25, 0.3) is 0 Å². The van der Waals surface area contributed by atoms with Crippen molar-refractivity contribution in [2.45, 2.75) is 18.9 Å². The monoisotopic (exact) mass is 293 g/mol. The van der Waals surface area contributed by atoms with Crippen molar-refractivity contribution in [2.75, 3.05) is 0 Å². The van der Waals surface area contributed by atoms with Gasteiger partial charge >= 0.3 is 0 Å². The van der Waals surface area contributed by atoms with Gasteiger partial charge in [-0.1, -0.05) is 41.7 Å². The summed E-state index contributed by atoms with van der Waals surface area (Å²) < 4.78 is 0.285. The maximum Gasteiger partial charge on any atom is 0.282 e. The Balaban J connectivity index is 1.77. The molecule has 3 rings (SSSR count). The van der Waals surface area contributed by atoms with Gasteiger partial charge in [0.25, 0.3) is 5.91 Å². The van der Waals surface area contributed by atoms with Crippen LogP contribution in [0.3, 0.4) is 0 Å². The number of benzene rings is 1. The van der Waals surface area contributed by atoms with Gasteiger partial charge in [0.05, 0.1) is 6.04 Å². The summed E-state index contributed by atoms with van der Waals surface area (Å²) in [5.41, 5.74) is 1.13. The van der Waals surface area contributed by atoms with Gasteiger partial charge in [-0.2, -0.15) is 0 Å². The van der Waals surface area contributed by atoms with E-state index in [1.807, 2.05) is 30.3 Å². The largest absolute Gasteiger partial charge is 0.343 e. The Morgan fingerprint density at radius 1 is 1.32 bits per heavy atom. The van der Waals surface area contributed by atoms with Gasteiger partial charge < -0.3 is 5.32 Å². The van der Waals surface area contributed by atoms with Gasteiger partial charge in [-0.25, -0.2) is 0 Å². The Morgan fingerprint density at radius 2 is 2.05 bits per heavy atom. The number of rotatable bonds is 4. The van der Waals surface area contributed by atoms with Crippen molar-refractivity contribution in [1.82, 2.24) is 15.5 Å². The summed E-state index contributed by atoms with van der Waals surface area (Å²) in [4.78, 5) is 12.1. The molecule has 1 aliphatic carbocycles. The smallest absolute Gasteiger partial charge is 0.282 e. The summed E-state index contributed by atoms with van der Waals surface area (Å²) in [6, 6.07) is 10.1. The van der Waals surface area contributed by atoms with E-state index in [0.29, 0.717) is 10.9 Å². The zero-order valence-electron chi connectivity index (χ0n) is 10.0. The summed E-state index contributed by atoms with van der Waals surface area (Å²) in [6.45, 7) is 0. The van der Waals surface area contributed by atoms with Crippen LogP contribution < -0.4 is 5.32 Å². The van der Waals surface area contributed by atoms with Crippen LogP contribution in [0.4, 0.5) is 0 Å². The number of hydrogen-bond donors (Lipinski definition) is 1. The Morgan fingerprint density at radius 3 is 2.63 bits per heavy atom. The average molecular weight is 294 g/mol. The zero-order valence-corrected chi connectivity index (χ0v) is 11.6. The van der Waals surface area contributed by atoms with Crippen LogP contribution in [-0.2, 0) is 0 Å². The van der Waals surface area contributed by atoms with E-state index in [-0.39, 0.29) is 16.4 Å². The van der Waals surface area contributed by atoms with Crippen LogP contribution in [0.1, 0.15) is 34.2 Å². The molecular weight excluding hydrogens is 282 g/mol. The van der Waals surface area contributed by atoms with Gasteiger partial charge in [-0.15, -0.1) is 10.2 Å². The molecule has 1 heterocycles. The van der Waals surface area contributed by atoms with Crippen molar-refractivity contribution in [3.05, 3.63) is 45.4 Å². The molecule has 6 heteroatoms. The molecule has 98 valence electrons. The molecule has 1 aromatic carbocycles. The average Bonchev–Trinajstić information content (AvgIpc) is 3.18. The van der Waals surface area contributed by atoms with Gasteiger partial charge in [0.2, 0.25) is 9.47 Å². The summed E-state index contributed by atoms with van der Waals surface area (Å²) in [5.74, 6) is 0.319. The number of hydrogen-bond acceptors (Lipinski definition) is 4. The van der Waals surface area contributed by atoms with Crippen LogP contribution in [0, 0.1) is 5.92 Å². The van der Waals surface area contributed by atoms with E-state index in [9.17, 15) is 4.79 Å². The molecule has 1 unspecified atom stereocenters. The van der Waals surface area contributed by atoms with Crippen molar-refractivity contribution < 1.29 is 4.79 Å². The van der Waals surface area contributed by atoms with E-state index in [4.69, 9.17) is 11.6 Å². The number of halogens is 1. The van der Waals surface area contributed by atoms with Crippen LogP contribution in [0.2, 0.25) is 4.47 Å². The van der Waals surface area contributed by atoms with Crippen LogP contribution in [0.5, 0.6) is 0 Å². The van der Waals surface area contributed by atoms with Crippen molar-refractivity contribution in [1.29, 1.82) is 0 Å². The highest BCUT2D eigenvalue weighted by molar-refractivity contribution is 7.17. The molecule has 0 saturated heterocycles. The first-order valence-electron chi connectivity index (χ1n) is 6.09. The van der Waals surface area contributed by atoms with Crippen LogP contribution in [0.15, 0.2) is 30.3 Å². The molecule has 1 aromatic heterocycles. The molecular formula is C13H12ClN3OS. The molecule has 1 aliphatic rings. The quantitative estimate of drug-likeness (QED) is 0.942. The minimum atomic E-state index is -0.204. The minimum Gasteiger partial charge on any atom is -0.343 e. The third-order valence-corrected chi connectivity index (χ3v) is 4.15. The highest BCUT2D eigenvalue weighted by Crippen LogP contribution is 2.41. The molecule has 4 nitrogen and oxygen atoms in total. The molecule has 0 radical (unpaired) electrons. The number of nitrogens with one attached hydrogen (secondary N) is 1. The highest BCUT2D eigenvalue weighted by Gasteiger charge is 2.34. The SMILES string of the molecule is O=C(NC(c1ccccc1)C1CC1)c1nnc(Cl)s1. The lowest BCUT2D eigenvalue weighted by molar-refractivity contribution is 0.0930. The summed E-state index contributed by atoms with van der Waals surface area (Å²) >= 11 is 6.79.